The SMILES string of the molecule is C=CCC(C)c1ccc(C#Cc2ccc(CCCCCC)cc2)cc1. The van der Waals surface area contributed by atoms with Crippen molar-refractivity contribution < 1.29 is 0 Å². The zero-order valence-corrected chi connectivity index (χ0v) is 15.7. The van der Waals surface area contributed by atoms with Gasteiger partial charge in [0.2, 0.25) is 0 Å². The Hall–Kier alpha value is -2.26. The summed E-state index contributed by atoms with van der Waals surface area (Å²) in [7, 11) is 0. The molecule has 0 heterocycles. The van der Waals surface area contributed by atoms with Gasteiger partial charge in [0.15, 0.2) is 0 Å². The summed E-state index contributed by atoms with van der Waals surface area (Å²) in [6.45, 7) is 8.30. The first-order valence-corrected chi connectivity index (χ1v) is 9.54. The van der Waals surface area contributed by atoms with Crippen LogP contribution in [0.15, 0.2) is 61.2 Å². The summed E-state index contributed by atoms with van der Waals surface area (Å²) in [4.78, 5) is 0. The van der Waals surface area contributed by atoms with Crippen molar-refractivity contribution in [2.45, 2.75) is 58.3 Å². The fraction of sp³-hybridized carbons (Fsp3) is 0.360. The Kier molecular flexibility index (Phi) is 8.06. The molecular weight excluding hydrogens is 300 g/mol. The first-order chi connectivity index (χ1) is 12.2. The van der Waals surface area contributed by atoms with Crippen LogP contribution in [0.5, 0.6) is 0 Å². The molecule has 0 spiro atoms. The molecule has 0 bridgehead atoms. The minimum atomic E-state index is 0.518. The standard InChI is InChI=1S/C25H30/c1-4-6-7-8-10-22-11-13-23(14-12-22)15-16-24-17-19-25(20-18-24)21(3)9-5-2/h5,11-14,17-21H,2,4,6-10H2,1,3H3. The second kappa shape index (κ2) is 10.6. The van der Waals surface area contributed by atoms with Crippen LogP contribution < -0.4 is 0 Å². The molecule has 0 aliphatic heterocycles. The summed E-state index contributed by atoms with van der Waals surface area (Å²) < 4.78 is 0. The van der Waals surface area contributed by atoms with Crippen LogP contribution in [0.3, 0.4) is 0 Å². The maximum Gasteiger partial charge on any atom is 0.0249 e. The number of unbranched alkanes of at least 4 members (excludes halogenated alkanes) is 3. The highest BCUT2D eigenvalue weighted by atomic mass is 14.1. The van der Waals surface area contributed by atoms with Crippen molar-refractivity contribution in [3.05, 3.63) is 83.4 Å². The van der Waals surface area contributed by atoms with Crippen molar-refractivity contribution in [2.24, 2.45) is 0 Å². The zero-order valence-electron chi connectivity index (χ0n) is 15.7. The van der Waals surface area contributed by atoms with Gasteiger partial charge in [0, 0.05) is 11.1 Å². The topological polar surface area (TPSA) is 0 Å². The summed E-state index contributed by atoms with van der Waals surface area (Å²) in [6, 6.07) is 17.3. The Balaban J connectivity index is 1.93. The van der Waals surface area contributed by atoms with E-state index in [9.17, 15) is 0 Å². The normalized spacial score (nSPS) is 11.4. The lowest BCUT2D eigenvalue weighted by atomic mass is 9.97. The van der Waals surface area contributed by atoms with Gasteiger partial charge in [0.1, 0.15) is 0 Å². The van der Waals surface area contributed by atoms with Crippen molar-refractivity contribution in [1.82, 2.24) is 0 Å². The van der Waals surface area contributed by atoms with Gasteiger partial charge in [-0.25, -0.2) is 0 Å². The fourth-order valence-electron chi connectivity index (χ4n) is 2.94. The van der Waals surface area contributed by atoms with Crippen LogP contribution in [0, 0.1) is 11.8 Å². The van der Waals surface area contributed by atoms with E-state index in [-0.39, 0.29) is 0 Å². The van der Waals surface area contributed by atoms with Crippen molar-refractivity contribution in [1.29, 1.82) is 0 Å². The lowest BCUT2D eigenvalue weighted by Crippen LogP contribution is -1.91. The van der Waals surface area contributed by atoms with Crippen molar-refractivity contribution in [2.75, 3.05) is 0 Å². The molecule has 130 valence electrons. The van der Waals surface area contributed by atoms with Crippen molar-refractivity contribution in [3.8, 4) is 11.8 Å². The van der Waals surface area contributed by atoms with Crippen LogP contribution in [-0.4, -0.2) is 0 Å². The van der Waals surface area contributed by atoms with Crippen LogP contribution in [0.2, 0.25) is 0 Å². The quantitative estimate of drug-likeness (QED) is 0.281. The third-order valence-corrected chi connectivity index (χ3v) is 4.62. The van der Waals surface area contributed by atoms with Gasteiger partial charge in [-0.15, -0.1) is 6.58 Å². The Bertz CT molecular complexity index is 692. The van der Waals surface area contributed by atoms with Gasteiger partial charge in [0.25, 0.3) is 0 Å². The molecule has 0 saturated heterocycles. The molecule has 0 N–H and O–H groups in total. The fourth-order valence-corrected chi connectivity index (χ4v) is 2.94. The molecule has 0 aromatic heterocycles. The van der Waals surface area contributed by atoms with E-state index < -0.39 is 0 Å². The molecule has 25 heavy (non-hydrogen) atoms. The highest BCUT2D eigenvalue weighted by molar-refractivity contribution is 5.44. The first-order valence-electron chi connectivity index (χ1n) is 9.54. The molecule has 0 saturated carbocycles. The van der Waals surface area contributed by atoms with Crippen LogP contribution >= 0.6 is 0 Å². The summed E-state index contributed by atoms with van der Waals surface area (Å²) in [5.74, 6) is 7.06. The highest BCUT2D eigenvalue weighted by Crippen LogP contribution is 2.19. The number of allylic oxidation sites excluding steroid dienone is 1. The first kappa shape index (κ1) is 19.1. The molecule has 0 heteroatoms. The zero-order chi connectivity index (χ0) is 17.9. The van der Waals surface area contributed by atoms with Crippen LogP contribution in [0.4, 0.5) is 0 Å². The maximum absolute atomic E-state index is 3.82. The van der Waals surface area contributed by atoms with E-state index in [0.717, 1.165) is 17.5 Å². The van der Waals surface area contributed by atoms with Gasteiger partial charge in [-0.2, -0.15) is 0 Å². The summed E-state index contributed by atoms with van der Waals surface area (Å²) in [5.41, 5.74) is 4.92. The Morgan fingerprint density at radius 2 is 1.48 bits per heavy atom. The molecular formula is C25H30. The molecule has 0 aliphatic carbocycles. The molecule has 1 atom stereocenters. The number of benzene rings is 2. The average Bonchev–Trinajstić information content (AvgIpc) is 2.65. The van der Waals surface area contributed by atoms with Gasteiger partial charge in [0.05, 0.1) is 0 Å². The molecule has 0 fully saturated rings. The average molecular weight is 331 g/mol. The van der Waals surface area contributed by atoms with E-state index in [1.165, 1.54) is 43.2 Å². The number of aryl methyl sites for hydroxylation is 1. The van der Waals surface area contributed by atoms with Crippen LogP contribution in [0.1, 0.15) is 74.1 Å². The highest BCUT2D eigenvalue weighted by Gasteiger charge is 2.02. The van der Waals surface area contributed by atoms with Crippen molar-refractivity contribution in [3.63, 3.8) is 0 Å². The molecule has 0 radical (unpaired) electrons. The third kappa shape index (κ3) is 6.63. The molecule has 2 aromatic rings. The molecule has 1 unspecified atom stereocenters. The molecule has 0 aliphatic rings. The van der Waals surface area contributed by atoms with Gasteiger partial charge in [-0.1, -0.05) is 75.3 Å². The predicted octanol–water partition coefficient (Wildman–Crippen LogP) is 6.89. The van der Waals surface area contributed by atoms with Gasteiger partial charge in [-0.05, 0) is 60.6 Å². The summed E-state index contributed by atoms with van der Waals surface area (Å²) in [5, 5.41) is 0. The lowest BCUT2D eigenvalue weighted by Gasteiger charge is -2.08. The van der Waals surface area contributed by atoms with E-state index in [1.807, 2.05) is 6.08 Å². The Labute approximate surface area is 154 Å². The summed E-state index contributed by atoms with van der Waals surface area (Å²) in [6.07, 6.45) is 9.42. The van der Waals surface area contributed by atoms with Crippen LogP contribution in [-0.2, 0) is 6.42 Å². The van der Waals surface area contributed by atoms with E-state index in [0.29, 0.717) is 5.92 Å². The van der Waals surface area contributed by atoms with Gasteiger partial charge >= 0.3 is 0 Å². The lowest BCUT2D eigenvalue weighted by molar-refractivity contribution is 0.667. The minimum absolute atomic E-state index is 0.518. The van der Waals surface area contributed by atoms with E-state index in [1.54, 1.807) is 0 Å². The number of rotatable bonds is 8. The molecule has 0 amide bonds. The largest absolute Gasteiger partial charge is 0.103 e. The third-order valence-electron chi connectivity index (χ3n) is 4.62. The van der Waals surface area contributed by atoms with Gasteiger partial charge < -0.3 is 0 Å². The van der Waals surface area contributed by atoms with E-state index in [2.05, 4.69) is 80.8 Å². The molecule has 2 rings (SSSR count). The van der Waals surface area contributed by atoms with Gasteiger partial charge in [-0.3, -0.25) is 0 Å². The molecule has 0 nitrogen and oxygen atoms in total. The molecule has 2 aromatic carbocycles. The Morgan fingerprint density at radius 1 is 0.880 bits per heavy atom. The van der Waals surface area contributed by atoms with Crippen LogP contribution in [0.25, 0.3) is 0 Å². The van der Waals surface area contributed by atoms with E-state index in [4.69, 9.17) is 0 Å². The van der Waals surface area contributed by atoms with Crippen molar-refractivity contribution >= 4 is 0 Å². The monoisotopic (exact) mass is 330 g/mol. The predicted molar refractivity (Wildman–Crippen MR) is 110 cm³/mol. The summed E-state index contributed by atoms with van der Waals surface area (Å²) >= 11 is 0. The smallest absolute Gasteiger partial charge is 0.0249 e. The number of hydrogen-bond acceptors (Lipinski definition) is 0. The second-order valence-electron chi connectivity index (χ2n) is 6.81. The maximum atomic E-state index is 3.82. The second-order valence-corrected chi connectivity index (χ2v) is 6.81. The van der Waals surface area contributed by atoms with E-state index >= 15 is 0 Å². The number of hydrogen-bond donors (Lipinski definition) is 0. The Morgan fingerprint density at radius 3 is 2.04 bits per heavy atom. The minimum Gasteiger partial charge on any atom is -0.103 e.